The maximum Gasteiger partial charge on any atom is 0.408 e. The zero-order valence-corrected chi connectivity index (χ0v) is 17.4. The van der Waals surface area contributed by atoms with Gasteiger partial charge >= 0.3 is 12.1 Å². The van der Waals surface area contributed by atoms with Gasteiger partial charge in [-0.1, -0.05) is 35.5 Å². The third-order valence-electron chi connectivity index (χ3n) is 4.73. The van der Waals surface area contributed by atoms with Crippen molar-refractivity contribution in [2.24, 2.45) is 0 Å². The Bertz CT molecular complexity index is 1080. The molecular weight excluding hydrogens is 418 g/mol. The molecule has 11 nitrogen and oxygen atoms in total. The van der Waals surface area contributed by atoms with Crippen LogP contribution in [-0.2, 0) is 20.9 Å². The molecule has 0 saturated carbocycles. The molecule has 1 amide bonds. The zero-order chi connectivity index (χ0) is 23.1. The van der Waals surface area contributed by atoms with Crippen LogP contribution in [0, 0.1) is 10.1 Å². The fraction of sp³-hybridized carbons (Fsp3) is 0.238. The standard InChI is InChI=1S/C21H21N5O6/c1-14(25-12-18(23-24-25)16-8-10-17(11-9-16)26(29)30)19(20(27)31-2)22-21(28)32-13-15-6-4-3-5-7-15/h3-12,14,19H,13H2,1-2H3,(H,22,28)/t14?,19-/m0/s1. The Hall–Kier alpha value is -4.28. The first kappa shape index (κ1) is 22.4. The second-order valence-electron chi connectivity index (χ2n) is 6.84. The van der Waals surface area contributed by atoms with E-state index in [0.29, 0.717) is 11.3 Å². The predicted octanol–water partition coefficient (Wildman–Crippen LogP) is 2.88. The van der Waals surface area contributed by atoms with E-state index in [1.807, 2.05) is 30.3 Å². The van der Waals surface area contributed by atoms with Crippen molar-refractivity contribution in [1.29, 1.82) is 0 Å². The van der Waals surface area contributed by atoms with Gasteiger partial charge in [0.05, 0.1) is 24.3 Å². The molecular formula is C21H21N5O6. The number of carbonyl (C=O) groups excluding carboxylic acids is 2. The number of carbonyl (C=O) groups is 2. The minimum Gasteiger partial charge on any atom is -0.467 e. The fourth-order valence-corrected chi connectivity index (χ4v) is 2.91. The Morgan fingerprint density at radius 2 is 1.84 bits per heavy atom. The number of nitrogens with zero attached hydrogens (tertiary/aromatic N) is 4. The van der Waals surface area contributed by atoms with E-state index in [2.05, 4.69) is 15.6 Å². The summed E-state index contributed by atoms with van der Waals surface area (Å²) in [6, 6.07) is 13.2. The van der Waals surface area contributed by atoms with E-state index in [-0.39, 0.29) is 12.3 Å². The van der Waals surface area contributed by atoms with Crippen molar-refractivity contribution < 1.29 is 24.0 Å². The summed E-state index contributed by atoms with van der Waals surface area (Å²) in [6.07, 6.45) is 0.783. The molecule has 2 aromatic carbocycles. The number of non-ortho nitro benzene ring substituents is 1. The lowest BCUT2D eigenvalue weighted by atomic mass is 10.1. The van der Waals surface area contributed by atoms with Crippen LogP contribution in [0.5, 0.6) is 0 Å². The number of nitrogens with one attached hydrogen (secondary N) is 1. The number of methoxy groups -OCH3 is 1. The molecule has 1 N–H and O–H groups in total. The number of amides is 1. The molecule has 0 aliphatic carbocycles. The minimum atomic E-state index is -1.09. The van der Waals surface area contributed by atoms with Gasteiger partial charge in [-0.3, -0.25) is 10.1 Å². The molecule has 3 rings (SSSR count). The van der Waals surface area contributed by atoms with Gasteiger partial charge in [0, 0.05) is 17.7 Å². The number of nitro groups is 1. The maximum absolute atomic E-state index is 12.3. The second-order valence-corrected chi connectivity index (χ2v) is 6.84. The number of rotatable bonds is 8. The Labute approximate surface area is 183 Å². The van der Waals surface area contributed by atoms with E-state index < -0.39 is 29.1 Å². The third-order valence-corrected chi connectivity index (χ3v) is 4.73. The van der Waals surface area contributed by atoms with E-state index in [1.165, 1.54) is 23.9 Å². The highest BCUT2D eigenvalue weighted by molar-refractivity contribution is 5.81. The van der Waals surface area contributed by atoms with Gasteiger partial charge in [-0.2, -0.15) is 0 Å². The van der Waals surface area contributed by atoms with Crippen molar-refractivity contribution in [3.8, 4) is 11.3 Å². The third kappa shape index (κ3) is 5.45. The van der Waals surface area contributed by atoms with Gasteiger partial charge < -0.3 is 14.8 Å². The van der Waals surface area contributed by atoms with E-state index in [0.717, 1.165) is 5.56 Å². The molecule has 166 valence electrons. The molecule has 2 atom stereocenters. The summed E-state index contributed by atoms with van der Waals surface area (Å²) >= 11 is 0. The monoisotopic (exact) mass is 439 g/mol. The summed E-state index contributed by atoms with van der Waals surface area (Å²) in [5.74, 6) is -0.679. The molecule has 32 heavy (non-hydrogen) atoms. The molecule has 0 aliphatic rings. The summed E-state index contributed by atoms with van der Waals surface area (Å²) in [4.78, 5) is 34.9. The van der Waals surface area contributed by atoms with Crippen LogP contribution in [0.2, 0.25) is 0 Å². The number of ether oxygens (including phenoxy) is 2. The van der Waals surface area contributed by atoms with Crippen LogP contribution >= 0.6 is 0 Å². The first-order chi connectivity index (χ1) is 15.4. The average molecular weight is 439 g/mol. The molecule has 0 saturated heterocycles. The smallest absolute Gasteiger partial charge is 0.408 e. The largest absolute Gasteiger partial charge is 0.467 e. The van der Waals surface area contributed by atoms with Gasteiger partial charge in [0.15, 0.2) is 6.04 Å². The van der Waals surface area contributed by atoms with Crippen molar-refractivity contribution in [1.82, 2.24) is 20.3 Å². The topological polar surface area (TPSA) is 138 Å². The highest BCUT2D eigenvalue weighted by atomic mass is 16.6. The number of alkyl carbamates (subject to hydrolysis) is 1. The molecule has 0 radical (unpaired) electrons. The number of hydrogen-bond acceptors (Lipinski definition) is 8. The number of aromatic nitrogens is 3. The molecule has 0 bridgehead atoms. The molecule has 1 unspecified atom stereocenters. The van der Waals surface area contributed by atoms with Gasteiger partial charge in [-0.25, -0.2) is 14.3 Å². The van der Waals surface area contributed by atoms with Crippen LogP contribution < -0.4 is 5.32 Å². The van der Waals surface area contributed by atoms with Crippen LogP contribution in [0.3, 0.4) is 0 Å². The first-order valence-corrected chi connectivity index (χ1v) is 9.60. The summed E-state index contributed by atoms with van der Waals surface area (Å²) in [6.45, 7) is 1.70. The quantitative estimate of drug-likeness (QED) is 0.321. The highest BCUT2D eigenvalue weighted by Gasteiger charge is 2.30. The van der Waals surface area contributed by atoms with E-state index >= 15 is 0 Å². The van der Waals surface area contributed by atoms with Gasteiger partial charge in [0.1, 0.15) is 12.3 Å². The van der Waals surface area contributed by atoms with Gasteiger partial charge in [0.2, 0.25) is 0 Å². The molecule has 0 fully saturated rings. The van der Waals surface area contributed by atoms with E-state index in [4.69, 9.17) is 9.47 Å². The predicted molar refractivity (Wildman–Crippen MR) is 112 cm³/mol. The molecule has 1 heterocycles. The van der Waals surface area contributed by atoms with Crippen molar-refractivity contribution in [2.75, 3.05) is 7.11 Å². The lowest BCUT2D eigenvalue weighted by Gasteiger charge is -2.22. The molecule has 11 heteroatoms. The second kappa shape index (κ2) is 10.2. The summed E-state index contributed by atoms with van der Waals surface area (Å²) in [7, 11) is 1.21. The fourth-order valence-electron chi connectivity index (χ4n) is 2.91. The van der Waals surface area contributed by atoms with E-state index in [1.54, 1.807) is 25.3 Å². The SMILES string of the molecule is COC(=O)[C@@H](NC(=O)OCc1ccccc1)C(C)n1cc(-c2ccc([N+](=O)[O-])cc2)nn1. The van der Waals surface area contributed by atoms with Crippen molar-refractivity contribution >= 4 is 17.7 Å². The minimum absolute atomic E-state index is 0.0431. The van der Waals surface area contributed by atoms with Crippen LogP contribution in [0.25, 0.3) is 11.3 Å². The Morgan fingerprint density at radius 3 is 2.47 bits per heavy atom. The van der Waals surface area contributed by atoms with Gasteiger partial charge in [-0.05, 0) is 24.6 Å². The lowest BCUT2D eigenvalue weighted by Crippen LogP contribution is -2.46. The lowest BCUT2D eigenvalue weighted by molar-refractivity contribution is -0.384. The van der Waals surface area contributed by atoms with Crippen molar-refractivity contribution in [3.05, 3.63) is 76.5 Å². The van der Waals surface area contributed by atoms with Crippen LogP contribution in [0.15, 0.2) is 60.8 Å². The Kier molecular flexibility index (Phi) is 7.11. The van der Waals surface area contributed by atoms with E-state index in [9.17, 15) is 19.7 Å². The molecule has 1 aromatic heterocycles. The van der Waals surface area contributed by atoms with Crippen molar-refractivity contribution in [2.45, 2.75) is 25.6 Å². The average Bonchev–Trinajstić information content (AvgIpc) is 3.31. The number of nitro benzene ring substituents is 1. The number of esters is 1. The number of benzene rings is 2. The summed E-state index contributed by atoms with van der Waals surface area (Å²) < 4.78 is 11.4. The van der Waals surface area contributed by atoms with Gasteiger partial charge in [-0.15, -0.1) is 5.10 Å². The van der Waals surface area contributed by atoms with Crippen LogP contribution in [0.1, 0.15) is 18.5 Å². The Balaban J connectivity index is 1.70. The normalized spacial score (nSPS) is 12.4. The molecule has 3 aromatic rings. The molecule has 0 spiro atoms. The van der Waals surface area contributed by atoms with Crippen LogP contribution in [-0.4, -0.2) is 45.1 Å². The van der Waals surface area contributed by atoms with Crippen LogP contribution in [0.4, 0.5) is 10.5 Å². The van der Waals surface area contributed by atoms with Gasteiger partial charge in [0.25, 0.3) is 5.69 Å². The Morgan fingerprint density at radius 1 is 1.16 bits per heavy atom. The summed E-state index contributed by atoms with van der Waals surface area (Å²) in [5, 5.41) is 21.4. The number of hydrogen-bond donors (Lipinski definition) is 1. The zero-order valence-electron chi connectivity index (χ0n) is 17.4. The maximum atomic E-state index is 12.3. The summed E-state index contributed by atoms with van der Waals surface area (Å²) in [5.41, 5.74) is 1.81. The van der Waals surface area contributed by atoms with Crippen molar-refractivity contribution in [3.63, 3.8) is 0 Å². The molecule has 0 aliphatic heterocycles. The first-order valence-electron chi connectivity index (χ1n) is 9.60. The highest BCUT2D eigenvalue weighted by Crippen LogP contribution is 2.22.